The molecular formula is C10H13ClN4O. The molecule has 1 aromatic rings. The fraction of sp³-hybridized carbons (Fsp3) is 0.500. The number of aromatic nitrogens is 2. The molecule has 5 nitrogen and oxygen atoms in total. The summed E-state index contributed by atoms with van der Waals surface area (Å²) in [6.45, 7) is 2.43. The van der Waals surface area contributed by atoms with Crippen LogP contribution in [0.25, 0.3) is 0 Å². The molecule has 1 atom stereocenters. The van der Waals surface area contributed by atoms with Crippen molar-refractivity contribution in [2.75, 3.05) is 23.1 Å². The van der Waals surface area contributed by atoms with Gasteiger partial charge in [-0.15, -0.1) is 11.6 Å². The fourth-order valence-electron chi connectivity index (χ4n) is 1.82. The lowest BCUT2D eigenvalue weighted by molar-refractivity contribution is -0.117. The molecule has 0 radical (unpaired) electrons. The van der Waals surface area contributed by atoms with E-state index in [0.29, 0.717) is 24.7 Å². The van der Waals surface area contributed by atoms with Crippen LogP contribution in [0.2, 0.25) is 0 Å². The molecular weight excluding hydrogens is 228 g/mol. The Labute approximate surface area is 98.6 Å². The molecule has 86 valence electrons. The Balaban J connectivity index is 2.27. The first kappa shape index (κ1) is 11.1. The number of amides is 1. The smallest absolute Gasteiger partial charge is 0.228 e. The fourth-order valence-corrected chi connectivity index (χ4v) is 2.03. The highest BCUT2D eigenvalue weighted by Crippen LogP contribution is 2.24. The van der Waals surface area contributed by atoms with Gasteiger partial charge in [-0.05, 0) is 12.8 Å². The number of hydrogen-bond donors (Lipinski definition) is 1. The second-order valence-corrected chi connectivity index (χ2v) is 4.26. The Morgan fingerprint density at radius 3 is 2.94 bits per heavy atom. The standard InChI is InChI=1S/C10H13ClN4O/c1-6-2-8(14-10(12)13-6)15-5-7(4-11)3-9(15)16/h2,7H,3-5H2,1H3,(H2,12,13,14). The summed E-state index contributed by atoms with van der Waals surface area (Å²) in [5.41, 5.74) is 6.31. The van der Waals surface area contributed by atoms with E-state index in [1.54, 1.807) is 11.0 Å². The van der Waals surface area contributed by atoms with Crippen LogP contribution in [0, 0.1) is 12.8 Å². The molecule has 1 fully saturated rings. The van der Waals surface area contributed by atoms with Gasteiger partial charge < -0.3 is 5.73 Å². The molecule has 2 N–H and O–H groups in total. The minimum absolute atomic E-state index is 0.0446. The van der Waals surface area contributed by atoms with E-state index in [1.807, 2.05) is 6.92 Å². The van der Waals surface area contributed by atoms with Gasteiger partial charge in [0.15, 0.2) is 0 Å². The Bertz CT molecular complexity index is 403. The topological polar surface area (TPSA) is 72.1 Å². The number of nitrogens with two attached hydrogens (primary N) is 1. The van der Waals surface area contributed by atoms with Crippen molar-refractivity contribution < 1.29 is 4.79 Å². The number of halogens is 1. The van der Waals surface area contributed by atoms with Crippen LogP contribution in [0.5, 0.6) is 0 Å². The number of carbonyl (C=O) groups is 1. The van der Waals surface area contributed by atoms with Gasteiger partial charge in [-0.3, -0.25) is 9.69 Å². The van der Waals surface area contributed by atoms with Gasteiger partial charge >= 0.3 is 0 Å². The lowest BCUT2D eigenvalue weighted by atomic mass is 10.1. The minimum atomic E-state index is 0.0446. The van der Waals surface area contributed by atoms with Crippen molar-refractivity contribution in [1.29, 1.82) is 0 Å². The summed E-state index contributed by atoms with van der Waals surface area (Å²) in [6.07, 6.45) is 0.479. The van der Waals surface area contributed by atoms with E-state index in [2.05, 4.69) is 9.97 Å². The van der Waals surface area contributed by atoms with Gasteiger partial charge in [0, 0.05) is 30.6 Å². The monoisotopic (exact) mass is 240 g/mol. The normalized spacial score (nSPS) is 20.5. The van der Waals surface area contributed by atoms with E-state index in [9.17, 15) is 4.79 Å². The first-order chi connectivity index (χ1) is 7.60. The van der Waals surface area contributed by atoms with Gasteiger partial charge in [0.1, 0.15) is 5.82 Å². The SMILES string of the molecule is Cc1cc(N2CC(CCl)CC2=O)nc(N)n1. The van der Waals surface area contributed by atoms with Crippen molar-refractivity contribution in [3.63, 3.8) is 0 Å². The van der Waals surface area contributed by atoms with Gasteiger partial charge in [-0.2, -0.15) is 4.98 Å². The zero-order valence-corrected chi connectivity index (χ0v) is 9.74. The highest BCUT2D eigenvalue weighted by atomic mass is 35.5. The molecule has 1 aliphatic rings. The van der Waals surface area contributed by atoms with Crippen molar-refractivity contribution in [2.45, 2.75) is 13.3 Å². The van der Waals surface area contributed by atoms with Crippen LogP contribution in [-0.4, -0.2) is 28.3 Å². The number of nitrogen functional groups attached to an aromatic ring is 1. The third-order valence-electron chi connectivity index (χ3n) is 2.56. The summed E-state index contributed by atoms with van der Waals surface area (Å²) in [6, 6.07) is 1.75. The molecule has 0 aliphatic carbocycles. The van der Waals surface area contributed by atoms with Crippen LogP contribution in [0.1, 0.15) is 12.1 Å². The molecule has 2 rings (SSSR count). The van der Waals surface area contributed by atoms with Crippen molar-refractivity contribution >= 4 is 29.3 Å². The molecule has 1 unspecified atom stereocenters. The molecule has 1 aliphatic heterocycles. The van der Waals surface area contributed by atoms with Crippen LogP contribution in [0.15, 0.2) is 6.07 Å². The number of aryl methyl sites for hydroxylation is 1. The van der Waals surface area contributed by atoms with E-state index in [0.717, 1.165) is 5.69 Å². The van der Waals surface area contributed by atoms with Gasteiger partial charge in [0.2, 0.25) is 11.9 Å². The Morgan fingerprint density at radius 1 is 1.62 bits per heavy atom. The molecule has 1 amide bonds. The van der Waals surface area contributed by atoms with E-state index < -0.39 is 0 Å². The lowest BCUT2D eigenvalue weighted by Crippen LogP contribution is -2.26. The summed E-state index contributed by atoms with van der Waals surface area (Å²) < 4.78 is 0. The summed E-state index contributed by atoms with van der Waals surface area (Å²) in [7, 11) is 0. The maximum absolute atomic E-state index is 11.7. The Morgan fingerprint density at radius 2 is 2.38 bits per heavy atom. The third-order valence-corrected chi connectivity index (χ3v) is 2.99. The quantitative estimate of drug-likeness (QED) is 0.782. The molecule has 0 spiro atoms. The van der Waals surface area contributed by atoms with E-state index in [4.69, 9.17) is 17.3 Å². The van der Waals surface area contributed by atoms with Gasteiger partial charge in [-0.1, -0.05) is 0 Å². The summed E-state index contributed by atoms with van der Waals surface area (Å²) >= 11 is 5.75. The first-order valence-electron chi connectivity index (χ1n) is 5.07. The Kier molecular flexibility index (Phi) is 2.96. The number of alkyl halides is 1. The average Bonchev–Trinajstić information content (AvgIpc) is 2.58. The van der Waals surface area contributed by atoms with Crippen LogP contribution < -0.4 is 10.6 Å². The van der Waals surface area contributed by atoms with Crippen LogP contribution in [0.3, 0.4) is 0 Å². The molecule has 0 aromatic carbocycles. The van der Waals surface area contributed by atoms with Gasteiger partial charge in [-0.25, -0.2) is 4.98 Å². The molecule has 0 saturated carbocycles. The third kappa shape index (κ3) is 2.09. The van der Waals surface area contributed by atoms with Crippen LogP contribution >= 0.6 is 11.6 Å². The number of hydrogen-bond acceptors (Lipinski definition) is 4. The predicted octanol–water partition coefficient (Wildman–Crippen LogP) is 0.959. The summed E-state index contributed by atoms with van der Waals surface area (Å²) in [5.74, 6) is 1.50. The van der Waals surface area contributed by atoms with Crippen molar-refractivity contribution in [2.24, 2.45) is 5.92 Å². The molecule has 16 heavy (non-hydrogen) atoms. The molecule has 0 bridgehead atoms. The van der Waals surface area contributed by atoms with E-state index in [-0.39, 0.29) is 17.8 Å². The van der Waals surface area contributed by atoms with Gasteiger partial charge in [0.05, 0.1) is 0 Å². The second-order valence-electron chi connectivity index (χ2n) is 3.95. The minimum Gasteiger partial charge on any atom is -0.368 e. The zero-order valence-electron chi connectivity index (χ0n) is 8.98. The van der Waals surface area contributed by atoms with Crippen molar-refractivity contribution in [1.82, 2.24) is 9.97 Å². The van der Waals surface area contributed by atoms with Crippen molar-refractivity contribution in [3.05, 3.63) is 11.8 Å². The predicted molar refractivity (Wildman–Crippen MR) is 62.4 cm³/mol. The number of rotatable bonds is 2. The van der Waals surface area contributed by atoms with E-state index in [1.165, 1.54) is 0 Å². The summed E-state index contributed by atoms with van der Waals surface area (Å²) in [4.78, 5) is 21.4. The van der Waals surface area contributed by atoms with E-state index >= 15 is 0 Å². The molecule has 1 aromatic heterocycles. The largest absolute Gasteiger partial charge is 0.368 e. The van der Waals surface area contributed by atoms with Gasteiger partial charge in [0.25, 0.3) is 0 Å². The highest BCUT2D eigenvalue weighted by molar-refractivity contribution is 6.18. The maximum Gasteiger partial charge on any atom is 0.228 e. The second kappa shape index (κ2) is 4.25. The maximum atomic E-state index is 11.7. The summed E-state index contributed by atoms with van der Waals surface area (Å²) in [5, 5.41) is 0. The molecule has 2 heterocycles. The Hall–Kier alpha value is -1.36. The molecule has 6 heteroatoms. The zero-order chi connectivity index (χ0) is 11.7. The molecule has 1 saturated heterocycles. The van der Waals surface area contributed by atoms with Crippen LogP contribution in [-0.2, 0) is 4.79 Å². The average molecular weight is 241 g/mol. The number of carbonyl (C=O) groups excluding carboxylic acids is 1. The van der Waals surface area contributed by atoms with Crippen LogP contribution in [0.4, 0.5) is 11.8 Å². The highest BCUT2D eigenvalue weighted by Gasteiger charge is 2.30. The van der Waals surface area contributed by atoms with Crippen molar-refractivity contribution in [3.8, 4) is 0 Å². The number of anilines is 2. The number of nitrogens with zero attached hydrogens (tertiary/aromatic N) is 3. The lowest BCUT2D eigenvalue weighted by Gasteiger charge is -2.15. The first-order valence-corrected chi connectivity index (χ1v) is 5.61.